The average Bonchev–Trinajstić information content (AvgIpc) is 2.42. The SMILES string of the molecule is CCOC(=O)C=C(C#C[Si](C)(C)C)c1ccc(C(F)(F)F)cc1. The Morgan fingerprint density at radius 2 is 1.78 bits per heavy atom. The molecule has 1 aromatic carbocycles. The number of alkyl halides is 3. The van der Waals surface area contributed by atoms with Crippen LogP contribution in [-0.4, -0.2) is 20.7 Å². The Kier molecular flexibility index (Phi) is 6.22. The zero-order valence-corrected chi connectivity index (χ0v) is 14.5. The summed E-state index contributed by atoms with van der Waals surface area (Å²) in [5.41, 5.74) is 3.18. The third-order valence-electron chi connectivity index (χ3n) is 2.64. The van der Waals surface area contributed by atoms with Gasteiger partial charge in [-0.25, -0.2) is 4.79 Å². The minimum Gasteiger partial charge on any atom is -0.463 e. The summed E-state index contributed by atoms with van der Waals surface area (Å²) >= 11 is 0. The van der Waals surface area contributed by atoms with E-state index in [1.54, 1.807) is 6.92 Å². The van der Waals surface area contributed by atoms with Gasteiger partial charge in [-0.1, -0.05) is 37.7 Å². The Morgan fingerprint density at radius 1 is 1.22 bits per heavy atom. The molecule has 0 N–H and O–H groups in total. The molecule has 124 valence electrons. The van der Waals surface area contributed by atoms with Crippen molar-refractivity contribution < 1.29 is 22.7 Å². The number of hydrogen-bond acceptors (Lipinski definition) is 2. The first-order valence-corrected chi connectivity index (χ1v) is 10.6. The lowest BCUT2D eigenvalue weighted by Gasteiger charge is -2.08. The molecule has 0 fully saturated rings. The van der Waals surface area contributed by atoms with Crippen LogP contribution in [0.5, 0.6) is 0 Å². The van der Waals surface area contributed by atoms with Gasteiger partial charge >= 0.3 is 12.1 Å². The van der Waals surface area contributed by atoms with E-state index in [1.165, 1.54) is 18.2 Å². The van der Waals surface area contributed by atoms with Gasteiger partial charge in [-0.15, -0.1) is 5.54 Å². The van der Waals surface area contributed by atoms with Gasteiger partial charge in [-0.2, -0.15) is 13.2 Å². The van der Waals surface area contributed by atoms with E-state index in [-0.39, 0.29) is 6.61 Å². The molecule has 23 heavy (non-hydrogen) atoms. The summed E-state index contributed by atoms with van der Waals surface area (Å²) in [5, 5.41) is 0. The van der Waals surface area contributed by atoms with Crippen LogP contribution in [0.2, 0.25) is 19.6 Å². The van der Waals surface area contributed by atoms with E-state index in [1.807, 2.05) is 19.6 Å². The molecule has 0 saturated carbocycles. The molecule has 0 aliphatic rings. The van der Waals surface area contributed by atoms with Crippen molar-refractivity contribution in [2.24, 2.45) is 0 Å². The minimum atomic E-state index is -4.40. The molecule has 0 radical (unpaired) electrons. The fourth-order valence-electron chi connectivity index (χ4n) is 1.59. The normalized spacial score (nSPS) is 12.4. The zero-order valence-electron chi connectivity index (χ0n) is 13.5. The van der Waals surface area contributed by atoms with Crippen LogP contribution >= 0.6 is 0 Å². The van der Waals surface area contributed by atoms with Crippen molar-refractivity contribution in [1.29, 1.82) is 0 Å². The Morgan fingerprint density at radius 3 is 2.22 bits per heavy atom. The summed E-state index contributed by atoms with van der Waals surface area (Å²) in [5.74, 6) is 2.35. The highest BCUT2D eigenvalue weighted by Gasteiger charge is 2.30. The van der Waals surface area contributed by atoms with Gasteiger partial charge < -0.3 is 4.74 Å². The lowest BCUT2D eigenvalue weighted by atomic mass is 10.0. The first-order chi connectivity index (χ1) is 10.5. The molecule has 6 heteroatoms. The van der Waals surface area contributed by atoms with E-state index in [9.17, 15) is 18.0 Å². The maximum Gasteiger partial charge on any atom is 0.416 e. The zero-order chi connectivity index (χ0) is 17.7. The van der Waals surface area contributed by atoms with Crippen LogP contribution < -0.4 is 0 Å². The van der Waals surface area contributed by atoms with E-state index >= 15 is 0 Å². The molecule has 2 nitrogen and oxygen atoms in total. The number of benzene rings is 1. The number of carbonyl (C=O) groups is 1. The Labute approximate surface area is 135 Å². The summed E-state index contributed by atoms with van der Waals surface area (Å²) in [6.45, 7) is 8.01. The van der Waals surface area contributed by atoms with Gasteiger partial charge in [-0.3, -0.25) is 0 Å². The van der Waals surface area contributed by atoms with Gasteiger partial charge in [-0.05, 0) is 24.6 Å². The van der Waals surface area contributed by atoms with Gasteiger partial charge in [0.1, 0.15) is 8.07 Å². The molecule has 0 bridgehead atoms. The van der Waals surface area contributed by atoms with E-state index in [2.05, 4.69) is 11.5 Å². The second-order valence-corrected chi connectivity index (χ2v) is 10.6. The van der Waals surface area contributed by atoms with Crippen molar-refractivity contribution in [2.45, 2.75) is 32.7 Å². The maximum atomic E-state index is 12.6. The Bertz CT molecular complexity index is 642. The summed E-state index contributed by atoms with van der Waals surface area (Å²) < 4.78 is 42.7. The molecule has 0 spiro atoms. The average molecular weight is 340 g/mol. The number of halogens is 3. The largest absolute Gasteiger partial charge is 0.463 e. The van der Waals surface area contributed by atoms with Gasteiger partial charge in [0.15, 0.2) is 0 Å². The highest BCUT2D eigenvalue weighted by molar-refractivity contribution is 6.84. The number of ether oxygens (including phenoxy) is 1. The molecular formula is C17H19F3O2Si. The third-order valence-corrected chi connectivity index (χ3v) is 3.52. The van der Waals surface area contributed by atoms with Crippen molar-refractivity contribution >= 4 is 19.6 Å². The standard InChI is InChI=1S/C17H19F3O2Si/c1-5-22-16(21)12-14(10-11-23(2,3)4)13-6-8-15(9-7-13)17(18,19)20/h6-9,12H,5H2,1-4H3. The molecule has 0 aliphatic heterocycles. The quantitative estimate of drug-likeness (QED) is 0.350. The Balaban J connectivity index is 3.23. The second kappa shape index (κ2) is 7.51. The first kappa shape index (κ1) is 19.0. The number of hydrogen-bond donors (Lipinski definition) is 0. The molecule has 0 unspecified atom stereocenters. The van der Waals surface area contributed by atoms with Crippen molar-refractivity contribution in [3.8, 4) is 11.5 Å². The lowest BCUT2D eigenvalue weighted by molar-refractivity contribution is -0.138. The molecule has 0 atom stereocenters. The van der Waals surface area contributed by atoms with Crippen molar-refractivity contribution in [3.05, 3.63) is 41.5 Å². The first-order valence-electron chi connectivity index (χ1n) is 7.12. The van der Waals surface area contributed by atoms with Crippen LogP contribution in [0.3, 0.4) is 0 Å². The molecule has 1 aromatic rings. The molecule has 0 aliphatic carbocycles. The third kappa shape index (κ3) is 6.74. The molecule has 0 heterocycles. The predicted octanol–water partition coefficient (Wildman–Crippen LogP) is 4.53. The second-order valence-electron chi connectivity index (χ2n) is 5.89. The summed E-state index contributed by atoms with van der Waals surface area (Å²) in [6.07, 6.45) is -3.17. The number of carbonyl (C=O) groups excluding carboxylic acids is 1. The number of rotatable bonds is 3. The Hall–Kier alpha value is -2.00. The number of esters is 1. The fraction of sp³-hybridized carbons (Fsp3) is 0.353. The summed E-state index contributed by atoms with van der Waals surface area (Å²) in [7, 11) is -1.70. The van der Waals surface area contributed by atoms with Gasteiger partial charge in [0, 0.05) is 11.6 Å². The van der Waals surface area contributed by atoms with Crippen molar-refractivity contribution in [3.63, 3.8) is 0 Å². The molecule has 0 amide bonds. The molecule has 1 rings (SSSR count). The number of allylic oxidation sites excluding steroid dienone is 1. The fourth-order valence-corrected chi connectivity index (χ4v) is 2.10. The van der Waals surface area contributed by atoms with Crippen LogP contribution in [0, 0.1) is 11.5 Å². The monoisotopic (exact) mass is 340 g/mol. The van der Waals surface area contributed by atoms with Crippen LogP contribution in [0.4, 0.5) is 13.2 Å². The predicted molar refractivity (Wildman–Crippen MR) is 87.2 cm³/mol. The molecule has 0 saturated heterocycles. The maximum absolute atomic E-state index is 12.6. The van der Waals surface area contributed by atoms with Crippen molar-refractivity contribution in [1.82, 2.24) is 0 Å². The van der Waals surface area contributed by atoms with Gasteiger partial charge in [0.25, 0.3) is 0 Å². The van der Waals surface area contributed by atoms with Gasteiger partial charge in [0.2, 0.25) is 0 Å². The van der Waals surface area contributed by atoms with Crippen molar-refractivity contribution in [2.75, 3.05) is 6.61 Å². The van der Waals surface area contributed by atoms with Crippen LogP contribution in [0.25, 0.3) is 5.57 Å². The highest BCUT2D eigenvalue weighted by atomic mass is 28.3. The molecule has 0 aromatic heterocycles. The highest BCUT2D eigenvalue weighted by Crippen LogP contribution is 2.30. The van der Waals surface area contributed by atoms with Crippen LogP contribution in [0.1, 0.15) is 18.1 Å². The van der Waals surface area contributed by atoms with E-state index in [0.29, 0.717) is 11.1 Å². The topological polar surface area (TPSA) is 26.3 Å². The summed E-state index contributed by atoms with van der Waals surface area (Å²) in [4.78, 5) is 11.6. The van der Waals surface area contributed by atoms with Crippen LogP contribution in [-0.2, 0) is 15.7 Å². The van der Waals surface area contributed by atoms with E-state index in [4.69, 9.17) is 4.74 Å². The summed E-state index contributed by atoms with van der Waals surface area (Å²) in [6, 6.07) is 4.58. The molecular weight excluding hydrogens is 321 g/mol. The van der Waals surface area contributed by atoms with E-state index in [0.717, 1.165) is 12.1 Å². The van der Waals surface area contributed by atoms with Gasteiger partial charge in [0.05, 0.1) is 12.2 Å². The van der Waals surface area contributed by atoms with Crippen LogP contribution in [0.15, 0.2) is 30.3 Å². The smallest absolute Gasteiger partial charge is 0.416 e. The van der Waals surface area contributed by atoms with E-state index < -0.39 is 25.8 Å². The lowest BCUT2D eigenvalue weighted by Crippen LogP contribution is -2.16. The minimum absolute atomic E-state index is 0.219.